The van der Waals surface area contributed by atoms with Crippen LogP contribution in [0.5, 0.6) is 0 Å². The number of fused-ring (bicyclic) bond motifs is 1. The SMILES string of the molecule is CC(=O)NC(C)c1nc2cc(CO)ccc2o1. The number of hydrogen-bond acceptors (Lipinski definition) is 4. The number of aromatic nitrogens is 1. The van der Waals surface area contributed by atoms with Crippen molar-refractivity contribution in [3.8, 4) is 0 Å². The molecule has 2 rings (SSSR count). The van der Waals surface area contributed by atoms with Gasteiger partial charge in [0.1, 0.15) is 11.6 Å². The highest BCUT2D eigenvalue weighted by Gasteiger charge is 2.14. The van der Waals surface area contributed by atoms with E-state index in [0.717, 1.165) is 5.56 Å². The molecule has 1 unspecified atom stereocenters. The number of aliphatic hydroxyl groups is 1. The predicted octanol–water partition coefficient (Wildman–Crippen LogP) is 1.52. The smallest absolute Gasteiger partial charge is 0.217 e. The Morgan fingerprint density at radius 1 is 1.59 bits per heavy atom. The number of carbonyl (C=O) groups excluding carboxylic acids is 1. The monoisotopic (exact) mass is 234 g/mol. The van der Waals surface area contributed by atoms with E-state index in [4.69, 9.17) is 9.52 Å². The van der Waals surface area contributed by atoms with Gasteiger partial charge in [0.2, 0.25) is 11.8 Å². The van der Waals surface area contributed by atoms with E-state index in [2.05, 4.69) is 10.3 Å². The molecule has 90 valence electrons. The largest absolute Gasteiger partial charge is 0.438 e. The maximum absolute atomic E-state index is 10.9. The molecule has 1 amide bonds. The molecule has 1 heterocycles. The molecule has 0 radical (unpaired) electrons. The van der Waals surface area contributed by atoms with Crippen molar-refractivity contribution in [1.82, 2.24) is 10.3 Å². The molecule has 0 saturated heterocycles. The fraction of sp³-hybridized carbons (Fsp3) is 0.333. The third kappa shape index (κ3) is 2.45. The zero-order valence-electron chi connectivity index (χ0n) is 9.73. The molecule has 5 nitrogen and oxygen atoms in total. The Morgan fingerprint density at radius 2 is 2.35 bits per heavy atom. The maximum Gasteiger partial charge on any atom is 0.217 e. The topological polar surface area (TPSA) is 75.4 Å². The van der Waals surface area contributed by atoms with Gasteiger partial charge in [-0.2, -0.15) is 0 Å². The van der Waals surface area contributed by atoms with Crippen molar-refractivity contribution >= 4 is 17.0 Å². The van der Waals surface area contributed by atoms with Crippen molar-refractivity contribution in [2.45, 2.75) is 26.5 Å². The molecular formula is C12H14N2O3. The molecule has 5 heteroatoms. The summed E-state index contributed by atoms with van der Waals surface area (Å²) in [6.07, 6.45) is 0. The van der Waals surface area contributed by atoms with Gasteiger partial charge in [0.25, 0.3) is 0 Å². The first-order valence-electron chi connectivity index (χ1n) is 5.37. The van der Waals surface area contributed by atoms with Crippen LogP contribution < -0.4 is 5.32 Å². The maximum atomic E-state index is 10.9. The van der Waals surface area contributed by atoms with Crippen LogP contribution in [-0.2, 0) is 11.4 Å². The van der Waals surface area contributed by atoms with Crippen molar-refractivity contribution in [3.63, 3.8) is 0 Å². The number of amides is 1. The third-order valence-electron chi connectivity index (χ3n) is 2.44. The number of hydrogen-bond donors (Lipinski definition) is 2. The van der Waals surface area contributed by atoms with Crippen molar-refractivity contribution in [3.05, 3.63) is 29.7 Å². The number of aliphatic hydroxyl groups excluding tert-OH is 1. The number of nitrogens with one attached hydrogen (secondary N) is 1. The highest BCUT2D eigenvalue weighted by molar-refractivity contribution is 5.75. The fourth-order valence-corrected chi connectivity index (χ4v) is 1.64. The van der Waals surface area contributed by atoms with E-state index in [9.17, 15) is 4.79 Å². The van der Waals surface area contributed by atoms with Gasteiger partial charge in [-0.1, -0.05) is 6.07 Å². The molecular weight excluding hydrogens is 220 g/mol. The first kappa shape index (κ1) is 11.6. The van der Waals surface area contributed by atoms with Crippen LogP contribution >= 0.6 is 0 Å². The molecule has 0 saturated carbocycles. The van der Waals surface area contributed by atoms with Gasteiger partial charge in [0.15, 0.2) is 5.58 Å². The lowest BCUT2D eigenvalue weighted by Gasteiger charge is -2.06. The highest BCUT2D eigenvalue weighted by Crippen LogP contribution is 2.21. The summed E-state index contributed by atoms with van der Waals surface area (Å²) in [4.78, 5) is 15.2. The molecule has 0 aliphatic heterocycles. The predicted molar refractivity (Wildman–Crippen MR) is 62.2 cm³/mol. The van der Waals surface area contributed by atoms with Crippen LogP contribution in [-0.4, -0.2) is 16.0 Å². The Kier molecular flexibility index (Phi) is 3.10. The number of oxazole rings is 1. The van der Waals surface area contributed by atoms with E-state index < -0.39 is 0 Å². The standard InChI is InChI=1S/C12H14N2O3/c1-7(13-8(2)16)12-14-10-5-9(6-15)3-4-11(10)17-12/h3-5,7,15H,6H2,1-2H3,(H,13,16). The Labute approximate surface area is 98.5 Å². The Bertz CT molecular complexity index is 548. The van der Waals surface area contributed by atoms with Crippen molar-refractivity contribution in [2.24, 2.45) is 0 Å². The number of nitrogens with zero attached hydrogens (tertiary/aromatic N) is 1. The van der Waals surface area contributed by atoms with Crippen LogP contribution in [0.4, 0.5) is 0 Å². The van der Waals surface area contributed by atoms with Gasteiger partial charge in [0, 0.05) is 6.92 Å². The van der Waals surface area contributed by atoms with Gasteiger partial charge in [-0.15, -0.1) is 0 Å². The van der Waals surface area contributed by atoms with Crippen LogP contribution in [0.1, 0.15) is 31.3 Å². The Balaban J connectivity index is 2.33. The molecule has 0 fully saturated rings. The third-order valence-corrected chi connectivity index (χ3v) is 2.44. The summed E-state index contributed by atoms with van der Waals surface area (Å²) < 4.78 is 5.52. The molecule has 2 aromatic rings. The van der Waals surface area contributed by atoms with Crippen LogP contribution in [0.2, 0.25) is 0 Å². The van der Waals surface area contributed by atoms with Crippen LogP contribution in [0.15, 0.2) is 22.6 Å². The second-order valence-corrected chi connectivity index (χ2v) is 3.93. The lowest BCUT2D eigenvalue weighted by atomic mass is 10.2. The zero-order valence-corrected chi connectivity index (χ0v) is 9.73. The van der Waals surface area contributed by atoms with Gasteiger partial charge in [-0.25, -0.2) is 4.98 Å². The number of carbonyl (C=O) groups is 1. The molecule has 0 spiro atoms. The van der Waals surface area contributed by atoms with Crippen LogP contribution in [0.25, 0.3) is 11.1 Å². The molecule has 0 aliphatic carbocycles. The first-order chi connectivity index (χ1) is 8.10. The second-order valence-electron chi connectivity index (χ2n) is 3.93. The van der Waals surface area contributed by atoms with E-state index in [1.54, 1.807) is 25.1 Å². The minimum Gasteiger partial charge on any atom is -0.438 e. The van der Waals surface area contributed by atoms with Crippen molar-refractivity contribution in [2.75, 3.05) is 0 Å². The quantitative estimate of drug-likeness (QED) is 0.844. The summed E-state index contributed by atoms with van der Waals surface area (Å²) in [7, 11) is 0. The van der Waals surface area contributed by atoms with Gasteiger partial charge >= 0.3 is 0 Å². The van der Waals surface area contributed by atoms with E-state index in [0.29, 0.717) is 17.0 Å². The summed E-state index contributed by atoms with van der Waals surface area (Å²) in [6.45, 7) is 3.22. The van der Waals surface area contributed by atoms with E-state index in [-0.39, 0.29) is 18.6 Å². The summed E-state index contributed by atoms with van der Waals surface area (Å²) in [6, 6.07) is 5.04. The minimum atomic E-state index is -0.266. The van der Waals surface area contributed by atoms with Gasteiger partial charge < -0.3 is 14.8 Å². The molecule has 1 aromatic carbocycles. The molecule has 0 aliphatic rings. The number of rotatable bonds is 3. The molecule has 2 N–H and O–H groups in total. The number of benzene rings is 1. The molecule has 17 heavy (non-hydrogen) atoms. The van der Waals surface area contributed by atoms with E-state index in [1.165, 1.54) is 6.92 Å². The highest BCUT2D eigenvalue weighted by atomic mass is 16.3. The summed E-state index contributed by atoms with van der Waals surface area (Å²) in [5.41, 5.74) is 2.11. The van der Waals surface area contributed by atoms with E-state index >= 15 is 0 Å². The van der Waals surface area contributed by atoms with Gasteiger partial charge in [0.05, 0.1) is 6.61 Å². The summed E-state index contributed by atoms with van der Waals surface area (Å²) in [5.74, 6) is 0.334. The van der Waals surface area contributed by atoms with E-state index in [1.807, 2.05) is 0 Å². The molecule has 0 bridgehead atoms. The Morgan fingerprint density at radius 3 is 3.00 bits per heavy atom. The van der Waals surface area contributed by atoms with Crippen molar-refractivity contribution < 1.29 is 14.3 Å². The normalized spacial score (nSPS) is 12.6. The second kappa shape index (κ2) is 4.55. The fourth-order valence-electron chi connectivity index (χ4n) is 1.64. The average Bonchev–Trinajstić information content (AvgIpc) is 2.70. The van der Waals surface area contributed by atoms with Crippen molar-refractivity contribution in [1.29, 1.82) is 0 Å². The van der Waals surface area contributed by atoms with Crippen LogP contribution in [0, 0.1) is 0 Å². The summed E-state index contributed by atoms with van der Waals surface area (Å²) >= 11 is 0. The zero-order chi connectivity index (χ0) is 12.4. The first-order valence-corrected chi connectivity index (χ1v) is 5.37. The average molecular weight is 234 g/mol. The summed E-state index contributed by atoms with van der Waals surface area (Å²) in [5, 5.41) is 11.7. The minimum absolute atomic E-state index is 0.0284. The molecule has 1 atom stereocenters. The lowest BCUT2D eigenvalue weighted by Crippen LogP contribution is -2.23. The van der Waals surface area contributed by atoms with Gasteiger partial charge in [-0.3, -0.25) is 4.79 Å². The van der Waals surface area contributed by atoms with Gasteiger partial charge in [-0.05, 0) is 24.6 Å². The lowest BCUT2D eigenvalue weighted by molar-refractivity contribution is -0.119. The Hall–Kier alpha value is -1.88. The molecule has 1 aromatic heterocycles. The van der Waals surface area contributed by atoms with Crippen LogP contribution in [0.3, 0.4) is 0 Å².